The highest BCUT2D eigenvalue weighted by Gasteiger charge is 2.26. The van der Waals surface area contributed by atoms with Crippen LogP contribution in [0.3, 0.4) is 0 Å². The number of aryl methyl sites for hydroxylation is 1. The van der Waals surface area contributed by atoms with E-state index in [4.69, 9.17) is 13.7 Å². The van der Waals surface area contributed by atoms with Gasteiger partial charge in [0.25, 0.3) is 5.91 Å². The lowest BCUT2D eigenvalue weighted by atomic mass is 10.2. The molecule has 1 fully saturated rings. The van der Waals surface area contributed by atoms with Crippen molar-refractivity contribution in [1.82, 2.24) is 20.0 Å². The fraction of sp³-hybridized carbons (Fsp3) is 0.250. The summed E-state index contributed by atoms with van der Waals surface area (Å²) >= 11 is 0. The minimum atomic E-state index is -0.173. The molecule has 0 radical (unpaired) electrons. The summed E-state index contributed by atoms with van der Waals surface area (Å²) in [5.74, 6) is 2.92. The van der Waals surface area contributed by atoms with Crippen molar-refractivity contribution in [1.29, 1.82) is 0 Å². The van der Waals surface area contributed by atoms with Gasteiger partial charge in [0.15, 0.2) is 11.5 Å². The maximum atomic E-state index is 12.9. The first-order valence-electron chi connectivity index (χ1n) is 10.9. The summed E-state index contributed by atoms with van der Waals surface area (Å²) < 4.78 is 15.8. The van der Waals surface area contributed by atoms with Gasteiger partial charge in [0.1, 0.15) is 11.6 Å². The van der Waals surface area contributed by atoms with Crippen LogP contribution in [0.4, 0.5) is 17.5 Å². The maximum absolute atomic E-state index is 12.9. The van der Waals surface area contributed by atoms with Gasteiger partial charge in [-0.25, -0.2) is 4.98 Å². The van der Waals surface area contributed by atoms with E-state index in [9.17, 15) is 4.79 Å². The summed E-state index contributed by atoms with van der Waals surface area (Å²) in [5, 5.41) is 7.23. The number of hydrogen-bond acceptors (Lipinski definition) is 9. The van der Waals surface area contributed by atoms with E-state index in [1.54, 1.807) is 36.5 Å². The molecule has 1 N–H and O–H groups in total. The molecule has 1 aliphatic heterocycles. The Morgan fingerprint density at radius 1 is 1.03 bits per heavy atom. The molecular formula is C24H24N6O4. The van der Waals surface area contributed by atoms with Crippen molar-refractivity contribution in [2.45, 2.75) is 6.92 Å². The Bertz CT molecular complexity index is 1260. The number of nitrogens with zero attached hydrogens (tertiary/aromatic N) is 5. The fourth-order valence-electron chi connectivity index (χ4n) is 3.76. The van der Waals surface area contributed by atoms with Crippen LogP contribution in [-0.2, 0) is 0 Å². The number of aromatic nitrogens is 3. The molecule has 0 bridgehead atoms. The molecule has 3 aromatic heterocycles. The molecule has 1 aromatic carbocycles. The van der Waals surface area contributed by atoms with E-state index < -0.39 is 0 Å². The first kappa shape index (κ1) is 21.5. The number of benzene rings is 1. The largest absolute Gasteiger partial charge is 0.497 e. The Morgan fingerprint density at radius 2 is 1.82 bits per heavy atom. The van der Waals surface area contributed by atoms with Crippen LogP contribution in [0.15, 0.2) is 63.7 Å². The number of rotatable bonds is 6. The summed E-state index contributed by atoms with van der Waals surface area (Å²) in [6.07, 6.45) is 1.55. The number of nitrogens with one attached hydrogen (secondary N) is 1. The van der Waals surface area contributed by atoms with Crippen molar-refractivity contribution in [2.75, 3.05) is 43.5 Å². The zero-order valence-corrected chi connectivity index (χ0v) is 18.9. The van der Waals surface area contributed by atoms with Gasteiger partial charge in [-0.2, -0.15) is 4.98 Å². The van der Waals surface area contributed by atoms with E-state index in [0.717, 1.165) is 17.1 Å². The first-order valence-corrected chi connectivity index (χ1v) is 10.9. The van der Waals surface area contributed by atoms with Crippen LogP contribution in [0.25, 0.3) is 11.5 Å². The second-order valence-electron chi connectivity index (χ2n) is 7.88. The highest BCUT2D eigenvalue weighted by atomic mass is 16.5. The fourth-order valence-corrected chi connectivity index (χ4v) is 3.76. The minimum absolute atomic E-state index is 0.173. The standard InChI is InChI=1S/C24H24N6O4/c1-16-14-22(26-17-5-7-18(32-2)8-6-17)27-24(25-16)30-11-9-29(10-12-30)23(31)19-15-21(34-28-19)20-4-3-13-33-20/h3-8,13-15H,9-12H2,1-2H3,(H,25,26,27). The highest BCUT2D eigenvalue weighted by Crippen LogP contribution is 2.23. The second-order valence-corrected chi connectivity index (χ2v) is 7.88. The van der Waals surface area contributed by atoms with Crippen molar-refractivity contribution in [3.63, 3.8) is 0 Å². The van der Waals surface area contributed by atoms with E-state index in [1.165, 1.54) is 0 Å². The molecule has 5 rings (SSSR count). The molecule has 0 spiro atoms. The van der Waals surface area contributed by atoms with Crippen molar-refractivity contribution in [3.8, 4) is 17.3 Å². The molecule has 4 aromatic rings. The number of furan rings is 1. The quantitative estimate of drug-likeness (QED) is 0.460. The molecule has 174 valence electrons. The Labute approximate surface area is 196 Å². The predicted octanol–water partition coefficient (Wildman–Crippen LogP) is 3.75. The monoisotopic (exact) mass is 460 g/mol. The van der Waals surface area contributed by atoms with E-state index in [2.05, 4.69) is 25.3 Å². The molecule has 0 atom stereocenters. The van der Waals surface area contributed by atoms with Crippen LogP contribution in [-0.4, -0.2) is 59.2 Å². The van der Waals surface area contributed by atoms with Crippen LogP contribution in [0.1, 0.15) is 16.2 Å². The van der Waals surface area contributed by atoms with Gasteiger partial charge in [-0.15, -0.1) is 0 Å². The van der Waals surface area contributed by atoms with E-state index in [-0.39, 0.29) is 11.6 Å². The lowest BCUT2D eigenvalue weighted by molar-refractivity contribution is 0.0736. The van der Waals surface area contributed by atoms with Crippen LogP contribution in [0.5, 0.6) is 5.75 Å². The van der Waals surface area contributed by atoms with Gasteiger partial charge < -0.3 is 28.8 Å². The van der Waals surface area contributed by atoms with Crippen LogP contribution in [0.2, 0.25) is 0 Å². The number of ether oxygens (including phenoxy) is 1. The van der Waals surface area contributed by atoms with Gasteiger partial charge in [-0.3, -0.25) is 4.79 Å². The third kappa shape index (κ3) is 4.56. The van der Waals surface area contributed by atoms with E-state index >= 15 is 0 Å². The Balaban J connectivity index is 1.23. The van der Waals surface area contributed by atoms with Crippen molar-refractivity contribution in [3.05, 3.63) is 66.2 Å². The maximum Gasteiger partial charge on any atom is 0.276 e. The molecule has 1 saturated heterocycles. The van der Waals surface area contributed by atoms with Gasteiger partial charge in [-0.1, -0.05) is 5.16 Å². The summed E-state index contributed by atoms with van der Waals surface area (Å²) in [6.45, 7) is 4.21. The molecule has 1 aliphatic rings. The Morgan fingerprint density at radius 3 is 2.53 bits per heavy atom. The molecular weight excluding hydrogens is 436 g/mol. The summed E-state index contributed by atoms with van der Waals surface area (Å²) in [7, 11) is 1.64. The normalized spacial score (nSPS) is 13.7. The van der Waals surface area contributed by atoms with Crippen LogP contribution < -0.4 is 15.0 Å². The van der Waals surface area contributed by atoms with Gasteiger partial charge in [0.2, 0.25) is 11.7 Å². The minimum Gasteiger partial charge on any atom is -0.497 e. The number of carbonyl (C=O) groups is 1. The molecule has 0 unspecified atom stereocenters. The molecule has 34 heavy (non-hydrogen) atoms. The lowest BCUT2D eigenvalue weighted by Gasteiger charge is -2.34. The van der Waals surface area contributed by atoms with E-state index in [1.807, 2.05) is 37.3 Å². The predicted molar refractivity (Wildman–Crippen MR) is 125 cm³/mol. The molecule has 1 amide bonds. The number of amides is 1. The van der Waals surface area contributed by atoms with Crippen LogP contribution in [0, 0.1) is 6.92 Å². The smallest absolute Gasteiger partial charge is 0.276 e. The number of anilines is 3. The van der Waals surface area contributed by atoms with Crippen molar-refractivity contribution in [2.24, 2.45) is 0 Å². The summed E-state index contributed by atoms with van der Waals surface area (Å²) in [4.78, 5) is 26.0. The van der Waals surface area contributed by atoms with Crippen LogP contribution >= 0.6 is 0 Å². The van der Waals surface area contributed by atoms with Crippen molar-refractivity contribution < 1.29 is 18.5 Å². The summed E-state index contributed by atoms with van der Waals surface area (Å²) in [5.41, 5.74) is 2.02. The number of methoxy groups -OCH3 is 1. The van der Waals surface area contributed by atoms with Gasteiger partial charge in [0, 0.05) is 49.7 Å². The van der Waals surface area contributed by atoms with E-state index in [0.29, 0.717) is 49.5 Å². The average molecular weight is 460 g/mol. The highest BCUT2D eigenvalue weighted by molar-refractivity contribution is 5.93. The Kier molecular flexibility index (Phi) is 5.86. The topological polar surface area (TPSA) is 110 Å². The molecule has 4 heterocycles. The molecule has 0 saturated carbocycles. The Hall–Kier alpha value is -4.34. The zero-order chi connectivity index (χ0) is 23.5. The SMILES string of the molecule is COc1ccc(Nc2cc(C)nc(N3CCN(C(=O)c4cc(-c5ccco5)on4)CC3)n2)cc1. The third-order valence-electron chi connectivity index (χ3n) is 5.55. The average Bonchev–Trinajstić information content (AvgIpc) is 3.56. The van der Waals surface area contributed by atoms with Gasteiger partial charge in [-0.05, 0) is 43.3 Å². The number of carbonyl (C=O) groups excluding carboxylic acids is 1. The number of hydrogen-bond donors (Lipinski definition) is 1. The molecule has 10 nitrogen and oxygen atoms in total. The molecule has 0 aliphatic carbocycles. The third-order valence-corrected chi connectivity index (χ3v) is 5.55. The first-order chi connectivity index (χ1) is 16.6. The lowest BCUT2D eigenvalue weighted by Crippen LogP contribution is -2.49. The summed E-state index contributed by atoms with van der Waals surface area (Å²) in [6, 6.07) is 14.7. The zero-order valence-electron chi connectivity index (χ0n) is 18.9. The second kappa shape index (κ2) is 9.26. The molecule has 10 heteroatoms. The van der Waals surface area contributed by atoms with Gasteiger partial charge >= 0.3 is 0 Å². The number of piperazine rings is 1. The van der Waals surface area contributed by atoms with Gasteiger partial charge in [0.05, 0.1) is 13.4 Å². The van der Waals surface area contributed by atoms with Crippen molar-refractivity contribution >= 4 is 23.4 Å².